The van der Waals surface area contributed by atoms with Crippen molar-refractivity contribution in [3.8, 4) is 6.07 Å². The Hall–Kier alpha value is -1.74. The number of halogens is 1. The molecule has 6 heteroatoms. The van der Waals surface area contributed by atoms with Crippen LogP contribution < -0.4 is 5.32 Å². The molecule has 0 aliphatic heterocycles. The number of nitrogens with zero attached hydrogens (tertiary/aromatic N) is 2. The van der Waals surface area contributed by atoms with Crippen LogP contribution in [0.2, 0.25) is 0 Å². The summed E-state index contributed by atoms with van der Waals surface area (Å²) in [4.78, 5) is 26.9. The lowest BCUT2D eigenvalue weighted by atomic mass is 10.1. The minimum atomic E-state index is -0.224. The van der Waals surface area contributed by atoms with Gasteiger partial charge in [0.15, 0.2) is 11.6 Å². The molecule has 1 rings (SSSR count). The molecule has 0 unspecified atom stereocenters. The first-order valence-electron chi connectivity index (χ1n) is 5.29. The number of carbonyl (C=O) groups is 2. The summed E-state index contributed by atoms with van der Waals surface area (Å²) in [7, 11) is 0. The highest BCUT2D eigenvalue weighted by Crippen LogP contribution is 2.15. The summed E-state index contributed by atoms with van der Waals surface area (Å²) >= 11 is 3.05. The summed E-state index contributed by atoms with van der Waals surface area (Å²) in [6, 6.07) is 3.34. The van der Waals surface area contributed by atoms with Crippen LogP contribution in [0.1, 0.15) is 29.8 Å². The number of pyridine rings is 1. The predicted octanol–water partition coefficient (Wildman–Crippen LogP) is 2.13. The van der Waals surface area contributed by atoms with Gasteiger partial charge in [-0.05, 0) is 6.07 Å². The van der Waals surface area contributed by atoms with E-state index in [0.717, 1.165) is 0 Å². The van der Waals surface area contributed by atoms with Gasteiger partial charge in [-0.2, -0.15) is 5.26 Å². The minimum Gasteiger partial charge on any atom is -0.309 e. The summed E-state index contributed by atoms with van der Waals surface area (Å²) in [6.45, 7) is 3.48. The Kier molecular flexibility index (Phi) is 4.98. The second-order valence-electron chi connectivity index (χ2n) is 3.93. The molecule has 5 nitrogen and oxygen atoms in total. The van der Waals surface area contributed by atoms with Crippen LogP contribution in [0.3, 0.4) is 0 Å². The van der Waals surface area contributed by atoms with Crippen LogP contribution in [-0.2, 0) is 4.79 Å². The monoisotopic (exact) mass is 309 g/mol. The van der Waals surface area contributed by atoms with Crippen LogP contribution in [0.25, 0.3) is 0 Å². The molecule has 94 valence electrons. The average Bonchev–Trinajstić information content (AvgIpc) is 2.37. The number of aromatic nitrogens is 1. The Labute approximate surface area is 113 Å². The number of rotatable bonds is 4. The number of nitriles is 1. The topological polar surface area (TPSA) is 82.8 Å². The second-order valence-corrected chi connectivity index (χ2v) is 4.49. The van der Waals surface area contributed by atoms with E-state index in [9.17, 15) is 9.59 Å². The standard InChI is InChI=1S/C12H12BrN3O2/c1-7(2)12(18)16-11-8(5-14)3-9(6-15-11)10(17)4-13/h3,6-7H,4H2,1-2H3,(H,15,16,18). The number of amides is 1. The maximum Gasteiger partial charge on any atom is 0.228 e. The summed E-state index contributed by atoms with van der Waals surface area (Å²) in [5, 5.41) is 11.7. The van der Waals surface area contributed by atoms with Crippen LogP contribution in [0.5, 0.6) is 0 Å². The highest BCUT2D eigenvalue weighted by atomic mass is 79.9. The lowest BCUT2D eigenvalue weighted by Gasteiger charge is -2.08. The number of ketones is 1. The first-order valence-corrected chi connectivity index (χ1v) is 6.42. The molecule has 1 aromatic heterocycles. The smallest absolute Gasteiger partial charge is 0.228 e. The van der Waals surface area contributed by atoms with Gasteiger partial charge < -0.3 is 5.32 Å². The lowest BCUT2D eigenvalue weighted by Crippen LogP contribution is -2.19. The zero-order chi connectivity index (χ0) is 13.7. The van der Waals surface area contributed by atoms with Gasteiger partial charge in [-0.15, -0.1) is 0 Å². The number of alkyl halides is 1. The van der Waals surface area contributed by atoms with Crippen molar-refractivity contribution in [1.29, 1.82) is 5.26 Å². The van der Waals surface area contributed by atoms with E-state index in [0.29, 0.717) is 5.56 Å². The van der Waals surface area contributed by atoms with Crippen LogP contribution >= 0.6 is 15.9 Å². The molecule has 0 saturated heterocycles. The molecule has 0 saturated carbocycles. The third-order valence-electron chi connectivity index (χ3n) is 2.22. The Morgan fingerprint density at radius 3 is 2.72 bits per heavy atom. The number of Topliss-reactive ketones (excluding diaryl/α,β-unsaturated/α-hetero) is 1. The van der Waals surface area contributed by atoms with Crippen molar-refractivity contribution >= 4 is 33.4 Å². The van der Waals surface area contributed by atoms with Gasteiger partial charge in [0.1, 0.15) is 6.07 Å². The van der Waals surface area contributed by atoms with Gasteiger partial charge in [-0.25, -0.2) is 4.98 Å². The molecule has 0 spiro atoms. The molecule has 1 heterocycles. The van der Waals surface area contributed by atoms with Crippen molar-refractivity contribution in [1.82, 2.24) is 4.98 Å². The summed E-state index contributed by atoms with van der Waals surface area (Å²) in [5.74, 6) is -0.413. The Balaban J connectivity index is 3.05. The van der Waals surface area contributed by atoms with E-state index in [1.807, 2.05) is 6.07 Å². The number of hydrogen-bond acceptors (Lipinski definition) is 4. The maximum absolute atomic E-state index is 11.5. The molecule has 18 heavy (non-hydrogen) atoms. The molecule has 0 aliphatic carbocycles. The third-order valence-corrected chi connectivity index (χ3v) is 2.73. The molecule has 0 fully saturated rings. The molecular formula is C12H12BrN3O2. The van der Waals surface area contributed by atoms with E-state index in [1.165, 1.54) is 12.3 Å². The van der Waals surface area contributed by atoms with Gasteiger partial charge in [-0.1, -0.05) is 29.8 Å². The second kappa shape index (κ2) is 6.26. The minimum absolute atomic E-state index is 0.164. The van der Waals surface area contributed by atoms with Crippen molar-refractivity contribution in [2.75, 3.05) is 10.6 Å². The lowest BCUT2D eigenvalue weighted by molar-refractivity contribution is -0.118. The highest BCUT2D eigenvalue weighted by molar-refractivity contribution is 9.09. The van der Waals surface area contributed by atoms with Crippen molar-refractivity contribution in [3.05, 3.63) is 23.4 Å². The fourth-order valence-electron chi connectivity index (χ4n) is 1.14. The molecule has 0 aromatic carbocycles. The molecule has 1 amide bonds. The quantitative estimate of drug-likeness (QED) is 0.682. The molecule has 1 aromatic rings. The van der Waals surface area contributed by atoms with Crippen molar-refractivity contribution in [2.45, 2.75) is 13.8 Å². The largest absolute Gasteiger partial charge is 0.309 e. The number of anilines is 1. The van der Waals surface area contributed by atoms with Gasteiger partial charge in [-0.3, -0.25) is 9.59 Å². The van der Waals surface area contributed by atoms with Crippen molar-refractivity contribution in [2.24, 2.45) is 5.92 Å². The molecular weight excluding hydrogens is 298 g/mol. The summed E-state index contributed by atoms with van der Waals surface area (Å²) in [5.41, 5.74) is 0.516. The van der Waals surface area contributed by atoms with Crippen LogP contribution in [-0.4, -0.2) is 22.0 Å². The zero-order valence-corrected chi connectivity index (χ0v) is 11.6. The first kappa shape index (κ1) is 14.3. The van der Waals surface area contributed by atoms with Gasteiger partial charge in [0.2, 0.25) is 5.91 Å². The van der Waals surface area contributed by atoms with Gasteiger partial charge in [0.25, 0.3) is 0 Å². The molecule has 0 aliphatic rings. The fourth-order valence-corrected chi connectivity index (χ4v) is 1.46. The first-order chi connectivity index (χ1) is 8.49. The van der Waals surface area contributed by atoms with E-state index in [1.54, 1.807) is 13.8 Å². The van der Waals surface area contributed by atoms with E-state index in [4.69, 9.17) is 5.26 Å². The third kappa shape index (κ3) is 3.37. The van der Waals surface area contributed by atoms with Gasteiger partial charge >= 0.3 is 0 Å². The maximum atomic E-state index is 11.5. The normalized spacial score (nSPS) is 9.94. The van der Waals surface area contributed by atoms with Crippen molar-refractivity contribution < 1.29 is 9.59 Å². The number of nitrogens with one attached hydrogen (secondary N) is 1. The molecule has 0 atom stereocenters. The Morgan fingerprint density at radius 2 is 2.22 bits per heavy atom. The number of carbonyl (C=O) groups excluding carboxylic acids is 2. The van der Waals surface area contributed by atoms with Gasteiger partial charge in [0, 0.05) is 17.7 Å². The Bertz CT molecular complexity index is 521. The van der Waals surface area contributed by atoms with Crippen LogP contribution in [0, 0.1) is 17.2 Å². The van der Waals surface area contributed by atoms with Crippen LogP contribution in [0.15, 0.2) is 12.3 Å². The zero-order valence-electron chi connectivity index (χ0n) is 10.0. The summed E-state index contributed by atoms with van der Waals surface area (Å²) in [6.07, 6.45) is 1.35. The molecule has 0 radical (unpaired) electrons. The predicted molar refractivity (Wildman–Crippen MR) is 70.5 cm³/mol. The Morgan fingerprint density at radius 1 is 1.56 bits per heavy atom. The molecule has 1 N–H and O–H groups in total. The fraction of sp³-hybridized carbons (Fsp3) is 0.333. The summed E-state index contributed by atoms with van der Waals surface area (Å²) < 4.78 is 0. The highest BCUT2D eigenvalue weighted by Gasteiger charge is 2.13. The molecule has 0 bridgehead atoms. The number of hydrogen-bond donors (Lipinski definition) is 1. The van der Waals surface area contributed by atoms with E-state index in [2.05, 4.69) is 26.2 Å². The van der Waals surface area contributed by atoms with Crippen molar-refractivity contribution in [3.63, 3.8) is 0 Å². The average molecular weight is 310 g/mol. The van der Waals surface area contributed by atoms with E-state index >= 15 is 0 Å². The van der Waals surface area contributed by atoms with Gasteiger partial charge in [0.05, 0.1) is 10.9 Å². The van der Waals surface area contributed by atoms with Crippen LogP contribution in [0.4, 0.5) is 5.82 Å². The van der Waals surface area contributed by atoms with E-state index < -0.39 is 0 Å². The SMILES string of the molecule is CC(C)C(=O)Nc1ncc(C(=O)CBr)cc1C#N. The van der Waals surface area contributed by atoms with E-state index in [-0.39, 0.29) is 34.3 Å².